The van der Waals surface area contributed by atoms with E-state index in [1.165, 1.54) is 16.5 Å². The number of carbonyl (C=O) groups excluding carboxylic acids is 2. The first-order valence-corrected chi connectivity index (χ1v) is 13.4. The van der Waals surface area contributed by atoms with Crippen LogP contribution in [0.25, 0.3) is 0 Å². The van der Waals surface area contributed by atoms with Gasteiger partial charge in [0, 0.05) is 42.0 Å². The summed E-state index contributed by atoms with van der Waals surface area (Å²) in [6.45, 7) is 4.69. The highest BCUT2D eigenvalue weighted by Crippen LogP contribution is 2.37. The minimum atomic E-state index is -0.261. The summed E-state index contributed by atoms with van der Waals surface area (Å²) in [6, 6.07) is 12.6. The number of amides is 2. The lowest BCUT2D eigenvalue weighted by Crippen LogP contribution is -2.57. The van der Waals surface area contributed by atoms with Crippen LogP contribution in [0.2, 0.25) is 0 Å². The second-order valence-electron chi connectivity index (χ2n) is 9.01. The Hall–Kier alpha value is -2.55. The van der Waals surface area contributed by atoms with Crippen LogP contribution in [0.3, 0.4) is 0 Å². The summed E-state index contributed by atoms with van der Waals surface area (Å²) >= 11 is 3.32. The van der Waals surface area contributed by atoms with Crippen LogP contribution in [-0.4, -0.2) is 65.3 Å². The second-order valence-corrected chi connectivity index (χ2v) is 11.0. The molecule has 1 saturated heterocycles. The Labute approximate surface area is 207 Å². The zero-order valence-electron chi connectivity index (χ0n) is 19.2. The van der Waals surface area contributed by atoms with E-state index in [1.54, 1.807) is 34.8 Å². The van der Waals surface area contributed by atoms with Crippen LogP contribution in [0, 0.1) is 5.82 Å². The van der Waals surface area contributed by atoms with Crippen molar-refractivity contribution >= 4 is 34.5 Å². The van der Waals surface area contributed by atoms with Crippen molar-refractivity contribution in [3.8, 4) is 0 Å². The molecule has 34 heavy (non-hydrogen) atoms. The van der Waals surface area contributed by atoms with Gasteiger partial charge in [-0.25, -0.2) is 4.39 Å². The molecule has 5 rings (SSSR count). The summed E-state index contributed by atoms with van der Waals surface area (Å²) in [6.07, 6.45) is 1.31. The topological polar surface area (TPSA) is 43.9 Å². The molecule has 8 heteroatoms. The zero-order valence-corrected chi connectivity index (χ0v) is 20.8. The molecule has 2 aliphatic heterocycles. The Morgan fingerprint density at radius 2 is 1.91 bits per heavy atom. The third-order valence-electron chi connectivity index (χ3n) is 6.77. The van der Waals surface area contributed by atoms with Crippen molar-refractivity contribution in [2.75, 3.05) is 32.7 Å². The number of nitrogens with zero attached hydrogens (tertiary/aromatic N) is 3. The van der Waals surface area contributed by atoms with Crippen molar-refractivity contribution in [2.24, 2.45) is 0 Å². The predicted molar refractivity (Wildman–Crippen MR) is 134 cm³/mol. The first-order valence-electron chi connectivity index (χ1n) is 11.6. The number of rotatable bonds is 5. The van der Waals surface area contributed by atoms with Crippen molar-refractivity contribution in [2.45, 2.75) is 31.8 Å². The molecule has 0 spiro atoms. The summed E-state index contributed by atoms with van der Waals surface area (Å²) in [5.74, 6) is -0.0742. The zero-order chi connectivity index (χ0) is 23.7. The third-order valence-corrected chi connectivity index (χ3v) is 8.65. The summed E-state index contributed by atoms with van der Waals surface area (Å²) in [4.78, 5) is 34.5. The average Bonchev–Trinajstić information content (AvgIpc) is 3.50. The Bertz CT molecular complexity index is 1160. The maximum Gasteiger partial charge on any atom is 0.236 e. The van der Waals surface area contributed by atoms with E-state index in [0.717, 1.165) is 23.4 Å². The van der Waals surface area contributed by atoms with Gasteiger partial charge < -0.3 is 9.80 Å². The first kappa shape index (κ1) is 23.2. The van der Waals surface area contributed by atoms with E-state index in [9.17, 15) is 14.0 Å². The van der Waals surface area contributed by atoms with Crippen LogP contribution in [0.4, 0.5) is 4.39 Å². The molecule has 2 atom stereocenters. The molecule has 5 nitrogen and oxygen atoms in total. The lowest BCUT2D eigenvalue weighted by molar-refractivity contribution is -0.143. The summed E-state index contributed by atoms with van der Waals surface area (Å²) in [5.41, 5.74) is 2.05. The van der Waals surface area contributed by atoms with Crippen molar-refractivity contribution in [1.82, 2.24) is 14.7 Å². The smallest absolute Gasteiger partial charge is 0.236 e. The number of hydrogen-bond acceptors (Lipinski definition) is 5. The Morgan fingerprint density at radius 3 is 2.68 bits per heavy atom. The van der Waals surface area contributed by atoms with Crippen molar-refractivity contribution in [3.05, 3.63) is 79.9 Å². The highest BCUT2D eigenvalue weighted by atomic mass is 32.1. The molecule has 2 aliphatic rings. The van der Waals surface area contributed by atoms with E-state index in [-0.39, 0.29) is 36.3 Å². The van der Waals surface area contributed by atoms with E-state index < -0.39 is 0 Å². The largest absolute Gasteiger partial charge is 0.338 e. The molecule has 0 bridgehead atoms. The number of piperazine rings is 1. The van der Waals surface area contributed by atoms with Gasteiger partial charge in [-0.15, -0.1) is 22.7 Å². The Balaban J connectivity index is 1.26. The number of benzene rings is 1. The minimum Gasteiger partial charge on any atom is -0.338 e. The first-order chi connectivity index (χ1) is 16.5. The van der Waals surface area contributed by atoms with Gasteiger partial charge in [0.15, 0.2) is 0 Å². The number of thiophene rings is 2. The van der Waals surface area contributed by atoms with Gasteiger partial charge >= 0.3 is 0 Å². The van der Waals surface area contributed by atoms with Crippen molar-refractivity contribution in [1.29, 1.82) is 0 Å². The van der Waals surface area contributed by atoms with Crippen molar-refractivity contribution in [3.63, 3.8) is 0 Å². The van der Waals surface area contributed by atoms with Gasteiger partial charge in [-0.05, 0) is 59.5 Å². The number of hydrogen-bond donors (Lipinski definition) is 0. The number of halogens is 1. The molecule has 2 aromatic heterocycles. The van der Waals surface area contributed by atoms with Crippen LogP contribution < -0.4 is 0 Å². The molecule has 4 heterocycles. The van der Waals surface area contributed by atoms with Gasteiger partial charge in [-0.3, -0.25) is 14.5 Å². The normalized spacial score (nSPS) is 20.9. The fraction of sp³-hybridized carbons (Fsp3) is 0.385. The number of carbonyl (C=O) groups is 2. The molecular weight excluding hydrogens is 469 g/mol. The monoisotopic (exact) mass is 497 g/mol. The third kappa shape index (κ3) is 4.80. The van der Waals surface area contributed by atoms with Gasteiger partial charge in [0.25, 0.3) is 0 Å². The molecule has 0 aliphatic carbocycles. The predicted octanol–water partition coefficient (Wildman–Crippen LogP) is 4.20. The Morgan fingerprint density at radius 1 is 1.03 bits per heavy atom. The van der Waals surface area contributed by atoms with Crippen LogP contribution in [0.1, 0.15) is 33.8 Å². The van der Waals surface area contributed by atoms with Gasteiger partial charge in [0.2, 0.25) is 11.8 Å². The maximum atomic E-state index is 14.0. The van der Waals surface area contributed by atoms with Crippen LogP contribution >= 0.6 is 22.7 Å². The van der Waals surface area contributed by atoms with E-state index in [2.05, 4.69) is 16.3 Å². The summed E-state index contributed by atoms with van der Waals surface area (Å²) in [5, 5.41) is 4.07. The highest BCUT2D eigenvalue weighted by Gasteiger charge is 2.34. The van der Waals surface area contributed by atoms with E-state index in [4.69, 9.17) is 0 Å². The highest BCUT2D eigenvalue weighted by molar-refractivity contribution is 7.10. The average molecular weight is 498 g/mol. The lowest BCUT2D eigenvalue weighted by atomic mass is 9.93. The molecule has 0 radical (unpaired) electrons. The Kier molecular flexibility index (Phi) is 6.81. The molecule has 0 N–H and O–H groups in total. The van der Waals surface area contributed by atoms with Crippen LogP contribution in [0.15, 0.2) is 53.2 Å². The van der Waals surface area contributed by atoms with Gasteiger partial charge in [0.1, 0.15) is 5.82 Å². The molecule has 0 unspecified atom stereocenters. The fourth-order valence-corrected chi connectivity index (χ4v) is 6.70. The van der Waals surface area contributed by atoms with Gasteiger partial charge in [-0.2, -0.15) is 0 Å². The molecule has 178 valence electrons. The SMILES string of the molecule is C[C@H]1CN(C(=O)CN2CCc3sccc3[C@@H]2c2cccc(F)c2)CCN1C(=O)Cc1cccs1. The van der Waals surface area contributed by atoms with E-state index in [1.807, 2.05) is 40.3 Å². The standard InChI is InChI=1S/C26H28FN3O2S2/c1-18-16-28(10-11-30(18)24(31)15-21-6-3-12-33-21)25(32)17-29-9-7-23-22(8-13-34-23)26(29)19-4-2-5-20(27)14-19/h2-6,8,12-14,18,26H,7,9-11,15-17H2,1H3/t18-,26-/m0/s1. The molecular formula is C26H28FN3O2S2. The molecule has 3 aromatic rings. The number of fused-ring (bicyclic) bond motifs is 1. The van der Waals surface area contributed by atoms with E-state index in [0.29, 0.717) is 26.1 Å². The van der Waals surface area contributed by atoms with Gasteiger partial charge in [-0.1, -0.05) is 18.2 Å². The fourth-order valence-electron chi connectivity index (χ4n) is 5.10. The van der Waals surface area contributed by atoms with Crippen LogP contribution in [-0.2, 0) is 22.4 Å². The maximum absolute atomic E-state index is 14.0. The van der Waals surface area contributed by atoms with Gasteiger partial charge in [0.05, 0.1) is 19.0 Å². The molecule has 1 aromatic carbocycles. The van der Waals surface area contributed by atoms with E-state index >= 15 is 0 Å². The summed E-state index contributed by atoms with van der Waals surface area (Å²) < 4.78 is 14.0. The molecule has 0 saturated carbocycles. The summed E-state index contributed by atoms with van der Waals surface area (Å²) in [7, 11) is 0. The second kappa shape index (κ2) is 9.98. The quantitative estimate of drug-likeness (QED) is 0.531. The molecule has 1 fully saturated rings. The lowest BCUT2D eigenvalue weighted by Gasteiger charge is -2.42. The van der Waals surface area contributed by atoms with Crippen LogP contribution in [0.5, 0.6) is 0 Å². The van der Waals surface area contributed by atoms with Crippen molar-refractivity contribution < 1.29 is 14.0 Å². The molecule has 2 amide bonds. The minimum absolute atomic E-state index is 0.0194.